The Labute approximate surface area is 129 Å². The van der Waals surface area contributed by atoms with Gasteiger partial charge in [-0.1, -0.05) is 6.42 Å². The van der Waals surface area contributed by atoms with Crippen molar-refractivity contribution in [3.8, 4) is 16.5 Å². The smallest absolute Gasteiger partial charge is 0.224 e. The van der Waals surface area contributed by atoms with Crippen molar-refractivity contribution in [3.63, 3.8) is 0 Å². The van der Waals surface area contributed by atoms with Crippen LogP contribution in [0.2, 0.25) is 0 Å². The first-order chi connectivity index (χ1) is 10.3. The van der Waals surface area contributed by atoms with Crippen LogP contribution in [-0.4, -0.2) is 16.6 Å². The van der Waals surface area contributed by atoms with Gasteiger partial charge in [-0.25, -0.2) is 4.98 Å². The number of hydrogen-bond acceptors (Lipinski definition) is 4. The van der Waals surface area contributed by atoms with Crippen LogP contribution in [0.4, 0.5) is 0 Å². The van der Waals surface area contributed by atoms with Crippen molar-refractivity contribution in [3.05, 3.63) is 29.4 Å². The van der Waals surface area contributed by atoms with Gasteiger partial charge in [0.2, 0.25) is 5.88 Å². The second kappa shape index (κ2) is 5.41. The normalized spacial score (nSPS) is 27.2. The fourth-order valence-electron chi connectivity index (χ4n) is 3.91. The van der Waals surface area contributed by atoms with Crippen LogP contribution in [-0.2, 0) is 0 Å². The molecule has 0 N–H and O–H groups in total. The SMILES string of the molecule is Cc1ccncc1-c1nc(OCC2CC3CCC2C3)cs1. The summed E-state index contributed by atoms with van der Waals surface area (Å²) in [6.45, 7) is 2.94. The molecular formula is C17H20N2OS. The lowest BCUT2D eigenvalue weighted by Crippen LogP contribution is -2.18. The number of nitrogens with zero attached hydrogens (tertiary/aromatic N) is 2. The van der Waals surface area contributed by atoms with Gasteiger partial charge < -0.3 is 4.74 Å². The van der Waals surface area contributed by atoms with Gasteiger partial charge in [-0.15, -0.1) is 11.3 Å². The van der Waals surface area contributed by atoms with Crippen LogP contribution >= 0.6 is 11.3 Å². The van der Waals surface area contributed by atoms with Crippen LogP contribution < -0.4 is 4.74 Å². The molecule has 2 aliphatic rings. The molecule has 4 heteroatoms. The van der Waals surface area contributed by atoms with Crippen LogP contribution in [0.1, 0.15) is 31.2 Å². The third-order valence-electron chi connectivity index (χ3n) is 5.08. The Morgan fingerprint density at radius 2 is 2.29 bits per heavy atom. The summed E-state index contributed by atoms with van der Waals surface area (Å²) < 4.78 is 5.96. The van der Waals surface area contributed by atoms with Crippen molar-refractivity contribution in [2.45, 2.75) is 32.6 Å². The van der Waals surface area contributed by atoms with E-state index in [-0.39, 0.29) is 0 Å². The first kappa shape index (κ1) is 13.3. The minimum absolute atomic E-state index is 0.758. The molecule has 2 aromatic heterocycles. The molecule has 2 saturated carbocycles. The predicted molar refractivity (Wildman–Crippen MR) is 84.5 cm³/mol. The van der Waals surface area contributed by atoms with Crippen LogP contribution in [0, 0.1) is 24.7 Å². The lowest BCUT2D eigenvalue weighted by molar-refractivity contribution is 0.191. The summed E-state index contributed by atoms with van der Waals surface area (Å²) in [6, 6.07) is 2.02. The van der Waals surface area contributed by atoms with Gasteiger partial charge in [-0.3, -0.25) is 4.98 Å². The summed E-state index contributed by atoms with van der Waals surface area (Å²) in [6.07, 6.45) is 9.36. The lowest BCUT2D eigenvalue weighted by Gasteiger charge is -2.20. The third kappa shape index (κ3) is 2.57. The van der Waals surface area contributed by atoms with E-state index >= 15 is 0 Å². The fourth-order valence-corrected chi connectivity index (χ4v) is 4.73. The zero-order valence-corrected chi connectivity index (χ0v) is 13.1. The molecular weight excluding hydrogens is 280 g/mol. The van der Waals surface area contributed by atoms with Gasteiger partial charge >= 0.3 is 0 Å². The van der Waals surface area contributed by atoms with E-state index in [4.69, 9.17) is 4.74 Å². The van der Waals surface area contributed by atoms with Crippen LogP contribution in [0.15, 0.2) is 23.8 Å². The van der Waals surface area contributed by atoms with E-state index in [1.54, 1.807) is 11.3 Å². The predicted octanol–water partition coefficient (Wildman–Crippen LogP) is 4.33. The summed E-state index contributed by atoms with van der Waals surface area (Å²) in [5, 5.41) is 3.03. The zero-order valence-electron chi connectivity index (χ0n) is 12.3. The summed E-state index contributed by atoms with van der Waals surface area (Å²) >= 11 is 1.64. The van der Waals surface area contributed by atoms with Crippen molar-refractivity contribution in [2.75, 3.05) is 6.61 Å². The van der Waals surface area contributed by atoms with E-state index in [9.17, 15) is 0 Å². The van der Waals surface area contributed by atoms with Crippen LogP contribution in [0.3, 0.4) is 0 Å². The summed E-state index contributed by atoms with van der Waals surface area (Å²) in [7, 11) is 0. The quantitative estimate of drug-likeness (QED) is 0.843. The number of thiazole rings is 1. The molecule has 4 rings (SSSR count). The number of pyridine rings is 1. The minimum atomic E-state index is 0.758. The highest BCUT2D eigenvalue weighted by Crippen LogP contribution is 2.48. The molecule has 2 aliphatic carbocycles. The molecule has 0 aromatic carbocycles. The zero-order chi connectivity index (χ0) is 14.2. The van der Waals surface area contributed by atoms with Crippen LogP contribution in [0.5, 0.6) is 5.88 Å². The first-order valence-corrected chi connectivity index (χ1v) is 8.67. The molecule has 2 heterocycles. The van der Waals surface area contributed by atoms with Gasteiger partial charge in [0.1, 0.15) is 5.01 Å². The number of aryl methyl sites for hydroxylation is 1. The van der Waals surface area contributed by atoms with Gasteiger partial charge in [0.05, 0.1) is 12.0 Å². The molecule has 0 radical (unpaired) electrons. The van der Waals surface area contributed by atoms with Crippen molar-refractivity contribution < 1.29 is 4.74 Å². The molecule has 2 aromatic rings. The topological polar surface area (TPSA) is 35.0 Å². The van der Waals surface area contributed by atoms with Gasteiger partial charge in [-0.2, -0.15) is 0 Å². The second-order valence-corrected chi connectivity index (χ2v) is 7.29. The Kier molecular flexibility index (Phi) is 3.42. The average Bonchev–Trinajstić information content (AvgIpc) is 3.22. The van der Waals surface area contributed by atoms with Gasteiger partial charge in [0, 0.05) is 18.0 Å². The molecule has 0 amide bonds. The van der Waals surface area contributed by atoms with E-state index in [1.165, 1.54) is 31.2 Å². The highest BCUT2D eigenvalue weighted by Gasteiger charge is 2.39. The van der Waals surface area contributed by atoms with E-state index in [0.717, 1.165) is 40.8 Å². The standard InChI is InChI=1S/C17H20N2OS/c1-11-4-5-18-8-15(11)17-19-16(10-21-17)20-9-14-7-12-2-3-13(14)6-12/h4-5,8,10,12-14H,2-3,6-7,9H2,1H3. The van der Waals surface area contributed by atoms with Crippen molar-refractivity contribution >= 4 is 11.3 Å². The first-order valence-electron chi connectivity index (χ1n) is 7.79. The highest BCUT2D eigenvalue weighted by atomic mass is 32.1. The summed E-state index contributed by atoms with van der Waals surface area (Å²) in [5.41, 5.74) is 2.32. The lowest BCUT2D eigenvalue weighted by atomic mass is 9.90. The Hall–Kier alpha value is -1.42. The molecule has 0 spiro atoms. The Balaban J connectivity index is 1.42. The molecule has 0 saturated heterocycles. The van der Waals surface area contributed by atoms with Gasteiger partial charge in [0.15, 0.2) is 0 Å². The fraction of sp³-hybridized carbons (Fsp3) is 0.529. The average molecular weight is 300 g/mol. The molecule has 21 heavy (non-hydrogen) atoms. The third-order valence-corrected chi connectivity index (χ3v) is 5.94. The molecule has 0 aliphatic heterocycles. The van der Waals surface area contributed by atoms with Crippen LogP contribution in [0.25, 0.3) is 10.6 Å². The van der Waals surface area contributed by atoms with Gasteiger partial charge in [0.25, 0.3) is 0 Å². The number of ether oxygens (including phenoxy) is 1. The molecule has 3 nitrogen and oxygen atoms in total. The van der Waals surface area contributed by atoms with Crippen molar-refractivity contribution in [1.82, 2.24) is 9.97 Å². The second-order valence-electron chi connectivity index (χ2n) is 6.43. The van der Waals surface area contributed by atoms with Crippen molar-refractivity contribution in [2.24, 2.45) is 17.8 Å². The maximum atomic E-state index is 5.96. The molecule has 2 bridgehead atoms. The van der Waals surface area contributed by atoms with Crippen molar-refractivity contribution in [1.29, 1.82) is 0 Å². The Bertz CT molecular complexity index is 639. The molecule has 3 unspecified atom stereocenters. The summed E-state index contributed by atoms with van der Waals surface area (Å²) in [4.78, 5) is 8.81. The maximum Gasteiger partial charge on any atom is 0.224 e. The minimum Gasteiger partial charge on any atom is -0.477 e. The van der Waals surface area contributed by atoms with E-state index in [1.807, 2.05) is 23.8 Å². The van der Waals surface area contributed by atoms with E-state index in [0.29, 0.717) is 0 Å². The largest absolute Gasteiger partial charge is 0.477 e. The summed E-state index contributed by atoms with van der Waals surface area (Å²) in [5.74, 6) is 3.43. The monoisotopic (exact) mass is 300 g/mol. The molecule has 3 atom stereocenters. The Morgan fingerprint density at radius 1 is 1.33 bits per heavy atom. The number of fused-ring (bicyclic) bond motifs is 2. The number of hydrogen-bond donors (Lipinski definition) is 0. The Morgan fingerprint density at radius 3 is 3.05 bits per heavy atom. The van der Waals surface area contributed by atoms with E-state index < -0.39 is 0 Å². The number of rotatable bonds is 4. The van der Waals surface area contributed by atoms with E-state index in [2.05, 4.69) is 16.9 Å². The number of aromatic nitrogens is 2. The highest BCUT2D eigenvalue weighted by molar-refractivity contribution is 7.13. The maximum absolute atomic E-state index is 5.96. The molecule has 110 valence electrons. The van der Waals surface area contributed by atoms with Gasteiger partial charge in [-0.05, 0) is 55.6 Å². The molecule has 2 fully saturated rings.